The number of amides is 2. The van der Waals surface area contributed by atoms with Gasteiger partial charge in [-0.25, -0.2) is 9.59 Å². The second-order valence-electron chi connectivity index (χ2n) is 5.74. The van der Waals surface area contributed by atoms with Crippen LogP contribution in [-0.4, -0.2) is 61.6 Å². The van der Waals surface area contributed by atoms with E-state index in [1.165, 1.54) is 14.0 Å². The van der Waals surface area contributed by atoms with Gasteiger partial charge in [0.15, 0.2) is 0 Å². The molecule has 0 aromatic heterocycles. The minimum absolute atomic E-state index is 0.0407. The predicted molar refractivity (Wildman–Crippen MR) is 100 cm³/mol. The molecule has 0 saturated carbocycles. The molecule has 9 nitrogen and oxygen atoms in total. The molecule has 2 amide bonds. The van der Waals surface area contributed by atoms with Gasteiger partial charge in [-0.1, -0.05) is 12.1 Å². The number of hydrogen-bond donors (Lipinski definition) is 1. The van der Waals surface area contributed by atoms with E-state index in [0.717, 1.165) is 4.90 Å². The van der Waals surface area contributed by atoms with Crippen LogP contribution in [0.15, 0.2) is 24.3 Å². The van der Waals surface area contributed by atoms with Gasteiger partial charge in [0, 0.05) is 26.3 Å². The number of rotatable bonds is 10. The molecule has 0 saturated heterocycles. The van der Waals surface area contributed by atoms with Crippen molar-refractivity contribution in [2.75, 3.05) is 32.2 Å². The van der Waals surface area contributed by atoms with Crippen molar-refractivity contribution < 1.29 is 33.4 Å². The number of nitrogens with one attached hydrogen (secondary N) is 1. The zero-order valence-electron chi connectivity index (χ0n) is 16.5. The van der Waals surface area contributed by atoms with E-state index in [9.17, 15) is 19.2 Å². The molecule has 0 bridgehead atoms. The molecule has 28 heavy (non-hydrogen) atoms. The summed E-state index contributed by atoms with van der Waals surface area (Å²) < 4.78 is 14.8. The van der Waals surface area contributed by atoms with Crippen LogP contribution >= 0.6 is 0 Å². The van der Waals surface area contributed by atoms with Crippen LogP contribution in [0.3, 0.4) is 0 Å². The molecule has 1 N–H and O–H groups in total. The quantitative estimate of drug-likeness (QED) is 0.467. The third-order valence-corrected chi connectivity index (χ3v) is 3.52. The fourth-order valence-corrected chi connectivity index (χ4v) is 2.47. The molecular weight excluding hydrogens is 368 g/mol. The first-order valence-electron chi connectivity index (χ1n) is 8.82. The van der Waals surface area contributed by atoms with E-state index in [4.69, 9.17) is 14.2 Å². The number of benzene rings is 1. The molecule has 1 aromatic rings. The molecule has 0 atom stereocenters. The Morgan fingerprint density at radius 2 is 1.68 bits per heavy atom. The van der Waals surface area contributed by atoms with Crippen LogP contribution in [0.2, 0.25) is 0 Å². The Morgan fingerprint density at radius 1 is 1.07 bits per heavy atom. The largest absolute Gasteiger partial charge is 0.464 e. The van der Waals surface area contributed by atoms with Crippen molar-refractivity contribution in [1.29, 1.82) is 0 Å². The summed E-state index contributed by atoms with van der Waals surface area (Å²) in [6, 6.07) is 5.14. The van der Waals surface area contributed by atoms with Crippen LogP contribution in [0, 0.1) is 0 Å². The zero-order valence-corrected chi connectivity index (χ0v) is 16.5. The monoisotopic (exact) mass is 394 g/mol. The highest BCUT2D eigenvalue weighted by atomic mass is 16.6. The highest BCUT2D eigenvalue weighted by molar-refractivity contribution is 6.02. The highest BCUT2D eigenvalue weighted by Crippen LogP contribution is 2.16. The molecule has 1 aromatic carbocycles. The van der Waals surface area contributed by atoms with Crippen molar-refractivity contribution in [3.8, 4) is 0 Å². The Morgan fingerprint density at radius 3 is 2.18 bits per heavy atom. The van der Waals surface area contributed by atoms with Crippen molar-refractivity contribution in [1.82, 2.24) is 4.90 Å². The maximum atomic E-state index is 12.6. The topological polar surface area (TPSA) is 111 Å². The van der Waals surface area contributed by atoms with Gasteiger partial charge in [0.2, 0.25) is 17.9 Å². The van der Waals surface area contributed by atoms with Gasteiger partial charge in [0.1, 0.15) is 6.61 Å². The summed E-state index contributed by atoms with van der Waals surface area (Å²) in [7, 11) is 1.33. The number of methoxy groups -OCH3 is 1. The summed E-state index contributed by atoms with van der Waals surface area (Å²) in [6.45, 7) is 4.23. The Balaban J connectivity index is 3.24. The van der Waals surface area contributed by atoms with E-state index < -0.39 is 23.9 Å². The van der Waals surface area contributed by atoms with Crippen LogP contribution in [0.4, 0.5) is 5.69 Å². The van der Waals surface area contributed by atoms with Crippen molar-refractivity contribution in [2.45, 2.75) is 33.4 Å². The molecule has 0 unspecified atom stereocenters. The van der Waals surface area contributed by atoms with E-state index >= 15 is 0 Å². The third kappa shape index (κ3) is 6.99. The van der Waals surface area contributed by atoms with Crippen LogP contribution in [0.5, 0.6) is 0 Å². The van der Waals surface area contributed by atoms with E-state index in [1.807, 2.05) is 0 Å². The normalized spacial score (nSPS) is 10.3. The lowest BCUT2D eigenvalue weighted by Gasteiger charge is -2.28. The van der Waals surface area contributed by atoms with Gasteiger partial charge in [-0.15, -0.1) is 0 Å². The predicted octanol–water partition coefficient (Wildman–Crippen LogP) is 1.11. The SMILES string of the molecule is CCOC(=O)C(C(=O)OCC)N(Cc1cccc(NC(C)=O)c1)C(=O)COC. The number of esters is 2. The van der Waals surface area contributed by atoms with Crippen LogP contribution in [0.1, 0.15) is 26.3 Å². The number of carbonyl (C=O) groups excluding carboxylic acids is 4. The van der Waals surface area contributed by atoms with E-state index in [0.29, 0.717) is 11.3 Å². The van der Waals surface area contributed by atoms with Gasteiger partial charge in [-0.05, 0) is 31.5 Å². The first-order chi connectivity index (χ1) is 13.3. The summed E-state index contributed by atoms with van der Waals surface area (Å²) in [5, 5.41) is 2.64. The highest BCUT2D eigenvalue weighted by Gasteiger charge is 2.38. The third-order valence-electron chi connectivity index (χ3n) is 3.52. The summed E-state index contributed by atoms with van der Waals surface area (Å²) >= 11 is 0. The van der Waals surface area contributed by atoms with Crippen LogP contribution in [-0.2, 0) is 39.9 Å². The Kier molecular flexibility index (Phi) is 9.66. The summed E-state index contributed by atoms with van der Waals surface area (Å²) in [5.41, 5.74) is 1.11. The lowest BCUT2D eigenvalue weighted by Crippen LogP contribution is -2.51. The van der Waals surface area contributed by atoms with Crippen molar-refractivity contribution in [3.63, 3.8) is 0 Å². The maximum Gasteiger partial charge on any atom is 0.340 e. The minimum atomic E-state index is -1.56. The molecule has 0 spiro atoms. The van der Waals surface area contributed by atoms with E-state index in [1.54, 1.807) is 38.1 Å². The second-order valence-corrected chi connectivity index (χ2v) is 5.74. The average molecular weight is 394 g/mol. The van der Waals surface area contributed by atoms with Crippen LogP contribution < -0.4 is 5.32 Å². The first-order valence-corrected chi connectivity index (χ1v) is 8.82. The molecule has 0 fully saturated rings. The fourth-order valence-electron chi connectivity index (χ4n) is 2.47. The summed E-state index contributed by atoms with van der Waals surface area (Å²) in [5.74, 6) is -2.61. The zero-order chi connectivity index (χ0) is 21.1. The average Bonchev–Trinajstić information content (AvgIpc) is 2.61. The van der Waals surface area contributed by atoms with Gasteiger partial charge in [0.25, 0.3) is 0 Å². The van der Waals surface area contributed by atoms with E-state index in [-0.39, 0.29) is 32.3 Å². The van der Waals surface area contributed by atoms with E-state index in [2.05, 4.69) is 5.32 Å². The standard InChI is InChI=1S/C19H26N2O7/c1-5-27-18(24)17(19(25)28-6-2)21(16(23)12-26-4)11-14-8-7-9-15(10-14)20-13(3)22/h7-10,17H,5-6,11-12H2,1-4H3,(H,20,22). The Bertz CT molecular complexity index is 687. The number of nitrogens with zero attached hydrogens (tertiary/aromatic N) is 1. The Hall–Kier alpha value is -2.94. The molecule has 0 radical (unpaired) electrons. The minimum Gasteiger partial charge on any atom is -0.464 e. The van der Waals surface area contributed by atoms with Crippen molar-refractivity contribution in [2.24, 2.45) is 0 Å². The number of hydrogen-bond acceptors (Lipinski definition) is 7. The number of anilines is 1. The molecule has 0 heterocycles. The summed E-state index contributed by atoms with van der Waals surface area (Å²) in [4.78, 5) is 49.7. The van der Waals surface area contributed by atoms with Gasteiger partial charge in [0.05, 0.1) is 13.2 Å². The van der Waals surface area contributed by atoms with Crippen LogP contribution in [0.25, 0.3) is 0 Å². The number of ether oxygens (including phenoxy) is 3. The fraction of sp³-hybridized carbons (Fsp3) is 0.474. The molecule has 0 aliphatic heterocycles. The van der Waals surface area contributed by atoms with Gasteiger partial charge < -0.3 is 24.4 Å². The maximum absolute atomic E-state index is 12.6. The Labute approximate surface area is 163 Å². The molecular formula is C19H26N2O7. The van der Waals surface area contributed by atoms with Gasteiger partial charge in [-0.2, -0.15) is 0 Å². The molecule has 154 valence electrons. The lowest BCUT2D eigenvalue weighted by molar-refractivity contribution is -0.169. The molecule has 1 rings (SSSR count). The first kappa shape index (κ1) is 23.1. The van der Waals surface area contributed by atoms with Gasteiger partial charge >= 0.3 is 11.9 Å². The molecule has 0 aliphatic rings. The van der Waals surface area contributed by atoms with Crippen molar-refractivity contribution >= 4 is 29.4 Å². The molecule has 0 aliphatic carbocycles. The smallest absolute Gasteiger partial charge is 0.340 e. The summed E-state index contributed by atoms with van der Waals surface area (Å²) in [6.07, 6.45) is 0. The molecule has 9 heteroatoms. The lowest BCUT2D eigenvalue weighted by atomic mass is 10.1. The van der Waals surface area contributed by atoms with Crippen molar-refractivity contribution in [3.05, 3.63) is 29.8 Å². The number of carbonyl (C=O) groups is 4. The second kappa shape index (κ2) is 11.7. The van der Waals surface area contributed by atoms with Gasteiger partial charge in [-0.3, -0.25) is 9.59 Å².